The van der Waals surface area contributed by atoms with Crippen LogP contribution >= 0.6 is 0 Å². The van der Waals surface area contributed by atoms with Gasteiger partial charge in [-0.25, -0.2) is 0 Å². The predicted octanol–water partition coefficient (Wildman–Crippen LogP) is 3.47. The van der Waals surface area contributed by atoms with Crippen LogP contribution in [0.5, 0.6) is 0 Å². The van der Waals surface area contributed by atoms with Crippen LogP contribution in [0.15, 0.2) is 0 Å². The predicted molar refractivity (Wildman–Crippen MR) is 41.1 cm³/mol. The molecule has 0 aliphatic rings. The van der Waals surface area contributed by atoms with Crippen molar-refractivity contribution >= 4 is 0 Å². The van der Waals surface area contributed by atoms with Gasteiger partial charge in [0, 0.05) is 1.43 Å². The summed E-state index contributed by atoms with van der Waals surface area (Å²) in [6.45, 7) is 6.85. The van der Waals surface area contributed by atoms with Crippen LogP contribution in [0.2, 0.25) is 0 Å². The van der Waals surface area contributed by atoms with E-state index in [2.05, 4.69) is 20.8 Å². The third kappa shape index (κ3) is 4.17. The fourth-order valence-electron chi connectivity index (χ4n) is 0.757. The van der Waals surface area contributed by atoms with E-state index in [1.807, 2.05) is 0 Å². The molecular formula is C8H20. The summed E-state index contributed by atoms with van der Waals surface area (Å²) in [7, 11) is 0. The molecule has 0 aliphatic carbocycles. The molecule has 0 aromatic rings. The minimum Gasteiger partial charge on any atom is -0.0654 e. The van der Waals surface area contributed by atoms with Gasteiger partial charge in [0.2, 0.25) is 0 Å². The summed E-state index contributed by atoms with van der Waals surface area (Å²) in [5.41, 5.74) is 0. The van der Waals surface area contributed by atoms with Gasteiger partial charge in [0.1, 0.15) is 0 Å². The van der Waals surface area contributed by atoms with Gasteiger partial charge >= 0.3 is 0 Å². The van der Waals surface area contributed by atoms with E-state index in [1.165, 1.54) is 25.7 Å². The third-order valence-electron chi connectivity index (χ3n) is 1.75. The molecule has 0 heterocycles. The molecule has 52 valence electrons. The van der Waals surface area contributed by atoms with Gasteiger partial charge in [0.25, 0.3) is 0 Å². The molecule has 0 amide bonds. The third-order valence-corrected chi connectivity index (χ3v) is 1.75. The first-order valence-electron chi connectivity index (χ1n) is 3.81. The standard InChI is InChI=1S/C8H18.H2/c1-4-6-7-8(3)5-2;/h8H,4-7H2,1-3H3;1H. The Hall–Kier alpha value is 0. The van der Waals surface area contributed by atoms with Crippen molar-refractivity contribution in [1.82, 2.24) is 0 Å². The highest BCUT2D eigenvalue weighted by molar-refractivity contribution is 4.47. The van der Waals surface area contributed by atoms with E-state index in [1.54, 1.807) is 0 Å². The SMILES string of the molecule is CCCCC(C)CC.[HH]. The lowest BCUT2D eigenvalue weighted by Crippen LogP contribution is -1.89. The fourth-order valence-corrected chi connectivity index (χ4v) is 0.757. The summed E-state index contributed by atoms with van der Waals surface area (Å²) in [5, 5.41) is 0. The van der Waals surface area contributed by atoms with Gasteiger partial charge in [-0.15, -0.1) is 0 Å². The Kier molecular flexibility index (Phi) is 5.14. The van der Waals surface area contributed by atoms with Crippen LogP contribution in [-0.4, -0.2) is 0 Å². The molecule has 0 aliphatic heterocycles. The summed E-state index contributed by atoms with van der Waals surface area (Å²) in [4.78, 5) is 0. The van der Waals surface area contributed by atoms with E-state index >= 15 is 0 Å². The van der Waals surface area contributed by atoms with Crippen LogP contribution in [0.1, 0.15) is 47.9 Å². The van der Waals surface area contributed by atoms with Gasteiger partial charge in [-0.1, -0.05) is 46.5 Å². The van der Waals surface area contributed by atoms with Crippen LogP contribution in [0.3, 0.4) is 0 Å². The molecule has 0 saturated heterocycles. The molecule has 0 aromatic heterocycles. The van der Waals surface area contributed by atoms with Crippen molar-refractivity contribution in [2.45, 2.75) is 46.5 Å². The topological polar surface area (TPSA) is 0 Å². The first kappa shape index (κ1) is 8.00. The first-order chi connectivity index (χ1) is 3.81. The molecule has 0 fully saturated rings. The quantitative estimate of drug-likeness (QED) is 0.527. The zero-order chi connectivity index (χ0) is 6.41. The molecular weight excluding hydrogens is 96.1 g/mol. The van der Waals surface area contributed by atoms with Crippen molar-refractivity contribution in [1.29, 1.82) is 0 Å². The van der Waals surface area contributed by atoms with Crippen molar-refractivity contribution < 1.29 is 1.43 Å². The highest BCUT2D eigenvalue weighted by Gasteiger charge is 1.94. The zero-order valence-corrected chi connectivity index (χ0v) is 6.41. The number of unbranched alkanes of at least 4 members (excludes halogenated alkanes) is 1. The Balaban J connectivity index is 0. The van der Waals surface area contributed by atoms with E-state index in [0.29, 0.717) is 0 Å². The summed E-state index contributed by atoms with van der Waals surface area (Å²) in [6.07, 6.45) is 5.53. The maximum Gasteiger partial charge on any atom is 0 e. The molecule has 0 aromatic carbocycles. The van der Waals surface area contributed by atoms with Crippen LogP contribution < -0.4 is 0 Å². The largest absolute Gasteiger partial charge is 0.0654 e. The number of hydrogen-bond acceptors (Lipinski definition) is 0. The minimum atomic E-state index is 0. The van der Waals surface area contributed by atoms with Gasteiger partial charge < -0.3 is 0 Å². The van der Waals surface area contributed by atoms with Crippen molar-refractivity contribution in [3.63, 3.8) is 0 Å². The molecule has 0 radical (unpaired) electrons. The van der Waals surface area contributed by atoms with Crippen molar-refractivity contribution in [3.05, 3.63) is 0 Å². The highest BCUT2D eigenvalue weighted by Crippen LogP contribution is 2.09. The van der Waals surface area contributed by atoms with Gasteiger partial charge in [-0.05, 0) is 5.92 Å². The molecule has 0 bridgehead atoms. The smallest absolute Gasteiger partial charge is 0 e. The van der Waals surface area contributed by atoms with E-state index in [9.17, 15) is 0 Å². The van der Waals surface area contributed by atoms with E-state index in [4.69, 9.17) is 0 Å². The number of rotatable bonds is 4. The Morgan fingerprint density at radius 1 is 1.38 bits per heavy atom. The normalized spacial score (nSPS) is 13.9. The zero-order valence-electron chi connectivity index (χ0n) is 6.41. The average Bonchev–Trinajstić information content (AvgIpc) is 1.83. The maximum atomic E-state index is 2.33. The molecule has 0 nitrogen and oxygen atoms in total. The molecule has 0 spiro atoms. The summed E-state index contributed by atoms with van der Waals surface area (Å²) in [5.74, 6) is 0.954. The average molecular weight is 116 g/mol. The van der Waals surface area contributed by atoms with Crippen molar-refractivity contribution in [2.75, 3.05) is 0 Å². The monoisotopic (exact) mass is 116 g/mol. The van der Waals surface area contributed by atoms with Crippen LogP contribution in [0.4, 0.5) is 0 Å². The lowest BCUT2D eigenvalue weighted by Gasteiger charge is -2.04. The minimum absolute atomic E-state index is 0. The van der Waals surface area contributed by atoms with Gasteiger partial charge in [-0.3, -0.25) is 0 Å². The summed E-state index contributed by atoms with van der Waals surface area (Å²) in [6, 6.07) is 0. The lowest BCUT2D eigenvalue weighted by atomic mass is 10.0. The summed E-state index contributed by atoms with van der Waals surface area (Å²) >= 11 is 0. The maximum absolute atomic E-state index is 2.33. The Morgan fingerprint density at radius 2 is 2.00 bits per heavy atom. The van der Waals surface area contributed by atoms with Crippen LogP contribution in [0, 0.1) is 5.92 Å². The van der Waals surface area contributed by atoms with Crippen LogP contribution in [-0.2, 0) is 0 Å². The summed E-state index contributed by atoms with van der Waals surface area (Å²) < 4.78 is 0. The fraction of sp³-hybridized carbons (Fsp3) is 1.00. The molecule has 1 atom stereocenters. The molecule has 0 rings (SSSR count). The van der Waals surface area contributed by atoms with Gasteiger partial charge in [0.15, 0.2) is 0 Å². The Bertz CT molecular complexity index is 43.8. The van der Waals surface area contributed by atoms with E-state index < -0.39 is 0 Å². The van der Waals surface area contributed by atoms with E-state index in [-0.39, 0.29) is 1.43 Å². The molecule has 0 saturated carbocycles. The first-order valence-corrected chi connectivity index (χ1v) is 3.81. The highest BCUT2D eigenvalue weighted by atomic mass is 14.0. The second kappa shape index (κ2) is 5.14. The molecule has 8 heavy (non-hydrogen) atoms. The molecule has 0 N–H and O–H groups in total. The second-order valence-electron chi connectivity index (χ2n) is 2.66. The van der Waals surface area contributed by atoms with Crippen molar-refractivity contribution in [2.24, 2.45) is 5.92 Å². The lowest BCUT2D eigenvalue weighted by molar-refractivity contribution is 0.492. The molecule has 1 unspecified atom stereocenters. The number of hydrogen-bond donors (Lipinski definition) is 0. The van der Waals surface area contributed by atoms with Gasteiger partial charge in [-0.2, -0.15) is 0 Å². The van der Waals surface area contributed by atoms with Crippen molar-refractivity contribution in [3.8, 4) is 0 Å². The molecule has 0 heteroatoms. The van der Waals surface area contributed by atoms with E-state index in [0.717, 1.165) is 5.92 Å². The Morgan fingerprint density at radius 3 is 2.38 bits per heavy atom. The Labute approximate surface area is 54.8 Å². The van der Waals surface area contributed by atoms with Crippen LogP contribution in [0.25, 0.3) is 0 Å². The van der Waals surface area contributed by atoms with Gasteiger partial charge in [0.05, 0.1) is 0 Å². The second-order valence-corrected chi connectivity index (χ2v) is 2.66.